The lowest BCUT2D eigenvalue weighted by atomic mass is 10.1. The van der Waals surface area contributed by atoms with Crippen molar-refractivity contribution < 1.29 is 23.9 Å². The summed E-state index contributed by atoms with van der Waals surface area (Å²) in [5, 5.41) is 2.84. The summed E-state index contributed by atoms with van der Waals surface area (Å²) in [5.74, 6) is 0.260. The molecule has 0 radical (unpaired) electrons. The molecule has 2 aliphatic rings. The van der Waals surface area contributed by atoms with Crippen LogP contribution < -0.4 is 19.7 Å². The predicted octanol–water partition coefficient (Wildman–Crippen LogP) is 3.07. The van der Waals surface area contributed by atoms with Gasteiger partial charge in [-0.2, -0.15) is 0 Å². The Kier molecular flexibility index (Phi) is 6.30. The Morgan fingerprint density at radius 1 is 1.12 bits per heavy atom. The highest BCUT2D eigenvalue weighted by molar-refractivity contribution is 6.08. The number of nitrogens with zero attached hydrogens (tertiary/aromatic N) is 2. The van der Waals surface area contributed by atoms with E-state index >= 15 is 0 Å². The van der Waals surface area contributed by atoms with Crippen molar-refractivity contribution in [1.29, 1.82) is 0 Å². The standard InChI is InChI=1S/C24H27N3O5/c1-16-24(30)27(15-22(28)26-12-6-3-7-13-26)19-14-17(10-11-21(19)32-16)25-23(29)18-8-4-5-9-20(18)31-2/h4-5,8-11,14,16H,3,6-7,12-13,15H2,1-2H3,(H,25,29). The third-order valence-electron chi connectivity index (χ3n) is 5.78. The number of amides is 3. The number of piperidine rings is 1. The molecule has 2 aromatic rings. The molecule has 0 aliphatic carbocycles. The van der Waals surface area contributed by atoms with Crippen molar-refractivity contribution in [3.8, 4) is 11.5 Å². The van der Waals surface area contributed by atoms with Crippen molar-refractivity contribution in [3.63, 3.8) is 0 Å². The van der Waals surface area contributed by atoms with Crippen LogP contribution in [0.1, 0.15) is 36.5 Å². The van der Waals surface area contributed by atoms with Crippen LogP contribution in [0.4, 0.5) is 11.4 Å². The van der Waals surface area contributed by atoms with Crippen LogP contribution >= 0.6 is 0 Å². The predicted molar refractivity (Wildman–Crippen MR) is 120 cm³/mol. The lowest BCUT2D eigenvalue weighted by molar-refractivity contribution is -0.133. The Bertz CT molecular complexity index is 1030. The van der Waals surface area contributed by atoms with Gasteiger partial charge in [-0.15, -0.1) is 0 Å². The maximum absolute atomic E-state index is 12.9. The molecule has 2 heterocycles. The molecule has 32 heavy (non-hydrogen) atoms. The molecule has 0 saturated carbocycles. The van der Waals surface area contributed by atoms with Gasteiger partial charge < -0.3 is 19.7 Å². The van der Waals surface area contributed by atoms with E-state index in [2.05, 4.69) is 5.32 Å². The Balaban J connectivity index is 1.58. The Hall–Kier alpha value is -3.55. The van der Waals surface area contributed by atoms with Gasteiger partial charge in [0.2, 0.25) is 5.91 Å². The molecule has 0 spiro atoms. The van der Waals surface area contributed by atoms with E-state index in [1.807, 2.05) is 4.90 Å². The molecule has 1 N–H and O–H groups in total. The largest absolute Gasteiger partial charge is 0.496 e. The molecule has 1 fully saturated rings. The average molecular weight is 437 g/mol. The fourth-order valence-corrected chi connectivity index (χ4v) is 4.06. The quantitative estimate of drug-likeness (QED) is 0.777. The van der Waals surface area contributed by atoms with E-state index in [0.717, 1.165) is 32.4 Å². The highest BCUT2D eigenvalue weighted by atomic mass is 16.5. The van der Waals surface area contributed by atoms with Gasteiger partial charge in [-0.1, -0.05) is 12.1 Å². The van der Waals surface area contributed by atoms with Gasteiger partial charge in [-0.3, -0.25) is 19.3 Å². The van der Waals surface area contributed by atoms with Crippen molar-refractivity contribution in [1.82, 2.24) is 4.90 Å². The van der Waals surface area contributed by atoms with E-state index in [1.54, 1.807) is 49.4 Å². The van der Waals surface area contributed by atoms with Crippen molar-refractivity contribution in [2.45, 2.75) is 32.3 Å². The molecule has 1 unspecified atom stereocenters. The van der Waals surface area contributed by atoms with Gasteiger partial charge in [0.25, 0.3) is 11.8 Å². The molecule has 2 aliphatic heterocycles. The van der Waals surface area contributed by atoms with Crippen LogP contribution in [0.3, 0.4) is 0 Å². The number of carbonyl (C=O) groups excluding carboxylic acids is 3. The second kappa shape index (κ2) is 9.30. The van der Waals surface area contributed by atoms with Crippen molar-refractivity contribution in [2.75, 3.05) is 37.0 Å². The minimum atomic E-state index is -0.689. The van der Waals surface area contributed by atoms with Gasteiger partial charge in [-0.25, -0.2) is 0 Å². The zero-order chi connectivity index (χ0) is 22.7. The van der Waals surface area contributed by atoms with Gasteiger partial charge in [0.05, 0.1) is 18.4 Å². The minimum absolute atomic E-state index is 0.0521. The smallest absolute Gasteiger partial charge is 0.268 e. The maximum atomic E-state index is 12.9. The fourth-order valence-electron chi connectivity index (χ4n) is 4.06. The number of likely N-dealkylation sites (tertiary alicyclic amines) is 1. The van der Waals surface area contributed by atoms with Crippen LogP contribution in [0.2, 0.25) is 0 Å². The molecule has 1 atom stereocenters. The maximum Gasteiger partial charge on any atom is 0.268 e. The average Bonchev–Trinajstić information content (AvgIpc) is 2.82. The summed E-state index contributed by atoms with van der Waals surface area (Å²) < 4.78 is 11.0. The van der Waals surface area contributed by atoms with Gasteiger partial charge in [0.1, 0.15) is 18.0 Å². The number of para-hydroxylation sites is 1. The molecule has 1 saturated heterocycles. The summed E-state index contributed by atoms with van der Waals surface area (Å²) in [6.45, 7) is 3.05. The van der Waals surface area contributed by atoms with Crippen LogP contribution in [-0.2, 0) is 9.59 Å². The lowest BCUT2D eigenvalue weighted by Gasteiger charge is -2.35. The van der Waals surface area contributed by atoms with Crippen LogP contribution in [0.25, 0.3) is 0 Å². The van der Waals surface area contributed by atoms with Gasteiger partial charge in [-0.05, 0) is 56.5 Å². The van der Waals surface area contributed by atoms with E-state index in [1.165, 1.54) is 12.0 Å². The number of rotatable bonds is 5. The first-order chi connectivity index (χ1) is 15.5. The van der Waals surface area contributed by atoms with Crippen LogP contribution in [0, 0.1) is 0 Å². The Morgan fingerprint density at radius 2 is 1.88 bits per heavy atom. The molecule has 3 amide bonds. The van der Waals surface area contributed by atoms with E-state index < -0.39 is 6.10 Å². The zero-order valence-corrected chi connectivity index (χ0v) is 18.3. The molecule has 168 valence electrons. The van der Waals surface area contributed by atoms with E-state index in [4.69, 9.17) is 9.47 Å². The summed E-state index contributed by atoms with van der Waals surface area (Å²) in [5.41, 5.74) is 1.35. The summed E-state index contributed by atoms with van der Waals surface area (Å²) in [7, 11) is 1.51. The van der Waals surface area contributed by atoms with Crippen LogP contribution in [0.5, 0.6) is 11.5 Å². The second-order valence-corrected chi connectivity index (χ2v) is 7.96. The first kappa shape index (κ1) is 21.7. The monoisotopic (exact) mass is 437 g/mol. The van der Waals surface area contributed by atoms with Crippen LogP contribution in [0.15, 0.2) is 42.5 Å². The Morgan fingerprint density at radius 3 is 2.62 bits per heavy atom. The third kappa shape index (κ3) is 4.39. The highest BCUT2D eigenvalue weighted by Crippen LogP contribution is 2.36. The first-order valence-electron chi connectivity index (χ1n) is 10.8. The number of fused-ring (bicyclic) bond motifs is 1. The van der Waals surface area contributed by atoms with E-state index in [0.29, 0.717) is 28.4 Å². The topological polar surface area (TPSA) is 88.2 Å². The number of methoxy groups -OCH3 is 1. The summed E-state index contributed by atoms with van der Waals surface area (Å²) >= 11 is 0. The van der Waals surface area contributed by atoms with Gasteiger partial charge in [0, 0.05) is 18.8 Å². The summed E-state index contributed by atoms with van der Waals surface area (Å²) in [6, 6.07) is 12.0. The number of nitrogens with one attached hydrogen (secondary N) is 1. The highest BCUT2D eigenvalue weighted by Gasteiger charge is 2.34. The molecule has 4 rings (SSSR count). The molecule has 8 heteroatoms. The molecule has 0 aromatic heterocycles. The van der Waals surface area contributed by atoms with Gasteiger partial charge in [0.15, 0.2) is 6.10 Å². The number of hydrogen-bond acceptors (Lipinski definition) is 5. The van der Waals surface area contributed by atoms with E-state index in [-0.39, 0.29) is 24.3 Å². The van der Waals surface area contributed by atoms with Crippen molar-refractivity contribution >= 4 is 29.1 Å². The fraction of sp³-hybridized carbons (Fsp3) is 0.375. The molecular weight excluding hydrogens is 410 g/mol. The zero-order valence-electron chi connectivity index (χ0n) is 18.3. The lowest BCUT2D eigenvalue weighted by Crippen LogP contribution is -2.50. The normalized spacial score (nSPS) is 17.9. The van der Waals surface area contributed by atoms with Gasteiger partial charge >= 0.3 is 0 Å². The molecule has 2 aromatic carbocycles. The van der Waals surface area contributed by atoms with Crippen molar-refractivity contribution in [3.05, 3.63) is 48.0 Å². The summed E-state index contributed by atoms with van der Waals surface area (Å²) in [4.78, 5) is 41.8. The third-order valence-corrected chi connectivity index (χ3v) is 5.78. The van der Waals surface area contributed by atoms with Crippen molar-refractivity contribution in [2.24, 2.45) is 0 Å². The molecule has 8 nitrogen and oxygen atoms in total. The second-order valence-electron chi connectivity index (χ2n) is 7.96. The SMILES string of the molecule is COc1ccccc1C(=O)Nc1ccc2c(c1)N(CC(=O)N1CCCCC1)C(=O)C(C)O2. The number of anilines is 2. The number of benzene rings is 2. The summed E-state index contributed by atoms with van der Waals surface area (Å²) in [6.07, 6.45) is 2.39. The number of carbonyl (C=O) groups is 3. The molecule has 0 bridgehead atoms. The Labute approximate surface area is 187 Å². The molecular formula is C24H27N3O5. The van der Waals surface area contributed by atoms with E-state index in [9.17, 15) is 14.4 Å². The first-order valence-corrected chi connectivity index (χ1v) is 10.8. The number of ether oxygens (including phenoxy) is 2. The van der Waals surface area contributed by atoms with Crippen LogP contribution in [-0.4, -0.2) is 55.5 Å². The minimum Gasteiger partial charge on any atom is -0.496 e. The number of hydrogen-bond donors (Lipinski definition) is 1.